The summed E-state index contributed by atoms with van der Waals surface area (Å²) in [6, 6.07) is 0. The lowest BCUT2D eigenvalue weighted by Gasteiger charge is -2.11. The monoisotopic (exact) mass is 172 g/mol. The van der Waals surface area contributed by atoms with Crippen molar-refractivity contribution in [2.45, 2.75) is 38.3 Å². The highest BCUT2D eigenvalue weighted by Gasteiger charge is 2.23. The predicted molar refractivity (Wildman–Crippen MR) is 35.6 cm³/mol. The Kier molecular flexibility index (Phi) is 5.24. The molecular formula is C7H12F4. The maximum atomic E-state index is 12.4. The fourth-order valence-corrected chi connectivity index (χ4v) is 0.655. The van der Waals surface area contributed by atoms with Crippen LogP contribution < -0.4 is 0 Å². The van der Waals surface area contributed by atoms with Crippen molar-refractivity contribution in [2.24, 2.45) is 0 Å². The van der Waals surface area contributed by atoms with E-state index in [9.17, 15) is 17.6 Å². The minimum Gasteiger partial charge on any atom is -0.248 e. The van der Waals surface area contributed by atoms with Crippen molar-refractivity contribution in [3.63, 3.8) is 0 Å². The summed E-state index contributed by atoms with van der Waals surface area (Å²) in [6.07, 6.45) is -5.94. The zero-order valence-electron chi connectivity index (χ0n) is 6.37. The molecule has 0 aromatic rings. The second kappa shape index (κ2) is 5.38. The number of hydrogen-bond donors (Lipinski definition) is 0. The van der Waals surface area contributed by atoms with Gasteiger partial charge in [0.25, 0.3) is 0 Å². The van der Waals surface area contributed by atoms with Crippen LogP contribution in [-0.2, 0) is 0 Å². The van der Waals surface area contributed by atoms with Gasteiger partial charge in [-0.05, 0) is 6.42 Å². The van der Waals surface area contributed by atoms with Gasteiger partial charge in [0.2, 0.25) is 0 Å². The number of halogens is 4. The lowest BCUT2D eigenvalue weighted by Crippen LogP contribution is -2.22. The molecule has 0 aliphatic heterocycles. The van der Waals surface area contributed by atoms with Crippen LogP contribution >= 0.6 is 0 Å². The quantitative estimate of drug-likeness (QED) is 0.559. The Morgan fingerprint density at radius 3 is 2.00 bits per heavy atom. The molecule has 0 aliphatic rings. The van der Waals surface area contributed by atoms with Gasteiger partial charge in [0.05, 0.1) is 0 Å². The van der Waals surface area contributed by atoms with Crippen molar-refractivity contribution < 1.29 is 17.6 Å². The summed E-state index contributed by atoms with van der Waals surface area (Å²) in [4.78, 5) is 0. The van der Waals surface area contributed by atoms with E-state index < -0.39 is 31.6 Å². The molecule has 0 rings (SSSR count). The van der Waals surface area contributed by atoms with Crippen LogP contribution in [0.25, 0.3) is 0 Å². The Morgan fingerprint density at radius 1 is 1.09 bits per heavy atom. The van der Waals surface area contributed by atoms with Crippen LogP contribution in [0.3, 0.4) is 0 Å². The summed E-state index contributed by atoms with van der Waals surface area (Å²) in [7, 11) is 0. The first-order valence-electron chi connectivity index (χ1n) is 3.60. The summed E-state index contributed by atoms with van der Waals surface area (Å²) < 4.78 is 48.3. The minimum absolute atomic E-state index is 0.138. The minimum atomic E-state index is -2.17. The number of hydrogen-bond acceptors (Lipinski definition) is 0. The second-order valence-corrected chi connectivity index (χ2v) is 2.43. The maximum Gasteiger partial charge on any atom is 0.159 e. The van der Waals surface area contributed by atoms with Gasteiger partial charge in [-0.2, -0.15) is 0 Å². The molecule has 2 unspecified atom stereocenters. The highest BCUT2D eigenvalue weighted by Crippen LogP contribution is 2.15. The zero-order valence-corrected chi connectivity index (χ0v) is 6.37. The summed E-state index contributed by atoms with van der Waals surface area (Å²) in [5.74, 6) is 0. The standard InChI is InChI=1S/C7H12F4/c1-2-5(9)3-6(10)7(11)4-8/h5-7H,2-4H2,1H3/t5?,6?,7-/m0/s1. The fraction of sp³-hybridized carbons (Fsp3) is 1.00. The molecule has 0 N–H and O–H groups in total. The van der Waals surface area contributed by atoms with Gasteiger partial charge in [-0.1, -0.05) is 6.92 Å². The van der Waals surface area contributed by atoms with Gasteiger partial charge in [0.15, 0.2) is 6.17 Å². The van der Waals surface area contributed by atoms with Gasteiger partial charge in [0.1, 0.15) is 19.0 Å². The van der Waals surface area contributed by atoms with Crippen LogP contribution in [0, 0.1) is 0 Å². The van der Waals surface area contributed by atoms with E-state index in [0.717, 1.165) is 0 Å². The topological polar surface area (TPSA) is 0 Å². The lowest BCUT2D eigenvalue weighted by atomic mass is 10.1. The number of rotatable bonds is 5. The van der Waals surface area contributed by atoms with Crippen molar-refractivity contribution in [1.82, 2.24) is 0 Å². The highest BCUT2D eigenvalue weighted by molar-refractivity contribution is 4.70. The predicted octanol–water partition coefficient (Wildman–Crippen LogP) is 2.77. The lowest BCUT2D eigenvalue weighted by molar-refractivity contribution is 0.104. The maximum absolute atomic E-state index is 12.4. The van der Waals surface area contributed by atoms with Crippen LogP contribution in [0.2, 0.25) is 0 Å². The first kappa shape index (κ1) is 10.7. The molecule has 11 heavy (non-hydrogen) atoms. The van der Waals surface area contributed by atoms with Gasteiger partial charge < -0.3 is 0 Å². The van der Waals surface area contributed by atoms with E-state index in [1.165, 1.54) is 6.92 Å². The Bertz CT molecular complexity index is 96.4. The van der Waals surface area contributed by atoms with Gasteiger partial charge >= 0.3 is 0 Å². The number of alkyl halides is 4. The van der Waals surface area contributed by atoms with Gasteiger partial charge in [0, 0.05) is 6.42 Å². The molecule has 0 bridgehead atoms. The Balaban J connectivity index is 3.58. The van der Waals surface area contributed by atoms with E-state index in [-0.39, 0.29) is 6.42 Å². The van der Waals surface area contributed by atoms with Gasteiger partial charge in [-0.15, -0.1) is 0 Å². The van der Waals surface area contributed by atoms with E-state index in [1.54, 1.807) is 0 Å². The molecule has 0 fully saturated rings. The van der Waals surface area contributed by atoms with E-state index in [2.05, 4.69) is 0 Å². The van der Waals surface area contributed by atoms with Crippen LogP contribution in [0.5, 0.6) is 0 Å². The molecule has 0 aromatic heterocycles. The molecule has 0 aromatic carbocycles. The van der Waals surface area contributed by atoms with E-state index >= 15 is 0 Å². The summed E-state index contributed by atoms with van der Waals surface area (Å²) in [5.41, 5.74) is 0. The van der Waals surface area contributed by atoms with Crippen molar-refractivity contribution in [2.75, 3.05) is 6.67 Å². The van der Waals surface area contributed by atoms with E-state index in [1.807, 2.05) is 0 Å². The molecule has 68 valence electrons. The van der Waals surface area contributed by atoms with E-state index in [4.69, 9.17) is 0 Å². The Hall–Kier alpha value is -0.280. The molecule has 4 heteroatoms. The van der Waals surface area contributed by atoms with Gasteiger partial charge in [-0.25, -0.2) is 17.6 Å². The van der Waals surface area contributed by atoms with Crippen molar-refractivity contribution >= 4 is 0 Å². The molecule has 0 spiro atoms. The zero-order chi connectivity index (χ0) is 8.85. The molecular weight excluding hydrogens is 160 g/mol. The average molecular weight is 172 g/mol. The van der Waals surface area contributed by atoms with Crippen LogP contribution in [-0.4, -0.2) is 25.2 Å². The van der Waals surface area contributed by atoms with Crippen molar-refractivity contribution in [3.05, 3.63) is 0 Å². The molecule has 0 saturated carbocycles. The normalized spacial score (nSPS) is 19.4. The fourth-order valence-electron chi connectivity index (χ4n) is 0.655. The average Bonchev–Trinajstić information content (AvgIpc) is 2.02. The smallest absolute Gasteiger partial charge is 0.159 e. The first-order valence-corrected chi connectivity index (χ1v) is 3.60. The van der Waals surface area contributed by atoms with Crippen molar-refractivity contribution in [3.8, 4) is 0 Å². The Labute approximate surface area is 63.6 Å². The van der Waals surface area contributed by atoms with Crippen LogP contribution in [0.15, 0.2) is 0 Å². The molecule has 0 radical (unpaired) electrons. The van der Waals surface area contributed by atoms with Crippen molar-refractivity contribution in [1.29, 1.82) is 0 Å². The van der Waals surface area contributed by atoms with Crippen LogP contribution in [0.1, 0.15) is 19.8 Å². The summed E-state index contributed by atoms with van der Waals surface area (Å²) in [6.45, 7) is 0.150. The molecule has 0 aliphatic carbocycles. The molecule has 0 nitrogen and oxygen atoms in total. The molecule has 0 saturated heterocycles. The molecule has 3 atom stereocenters. The largest absolute Gasteiger partial charge is 0.248 e. The first-order chi connectivity index (χ1) is 5.11. The third kappa shape index (κ3) is 4.22. The second-order valence-electron chi connectivity index (χ2n) is 2.43. The SMILES string of the molecule is CCC(F)CC(F)[C@@H](F)CF. The van der Waals surface area contributed by atoms with Crippen LogP contribution in [0.4, 0.5) is 17.6 Å². The highest BCUT2D eigenvalue weighted by atomic mass is 19.2. The Morgan fingerprint density at radius 2 is 1.64 bits per heavy atom. The molecule has 0 amide bonds. The summed E-state index contributed by atoms with van der Waals surface area (Å²) >= 11 is 0. The van der Waals surface area contributed by atoms with Gasteiger partial charge in [-0.3, -0.25) is 0 Å². The summed E-state index contributed by atoms with van der Waals surface area (Å²) in [5, 5.41) is 0. The third-order valence-corrected chi connectivity index (χ3v) is 1.46. The van der Waals surface area contributed by atoms with E-state index in [0.29, 0.717) is 0 Å². The molecule has 0 heterocycles. The third-order valence-electron chi connectivity index (χ3n) is 1.46.